The average molecular weight is 515 g/mol. The Bertz CT molecular complexity index is 1270. The van der Waals surface area contributed by atoms with Crippen molar-refractivity contribution in [3.05, 3.63) is 97.7 Å². The van der Waals surface area contributed by atoms with Gasteiger partial charge in [-0.25, -0.2) is 4.79 Å². The zero-order valence-corrected chi connectivity index (χ0v) is 18.0. The third-order valence-corrected chi connectivity index (χ3v) is 5.15. The highest BCUT2D eigenvalue weighted by molar-refractivity contribution is 9.11. The molecule has 29 heavy (non-hydrogen) atoms. The molecule has 7 heteroatoms. The molecule has 1 amide bonds. The first-order valence-corrected chi connectivity index (χ1v) is 10.2. The first-order valence-electron chi connectivity index (χ1n) is 8.57. The third kappa shape index (κ3) is 4.26. The molecular formula is C22H13Br2NO4. The number of anilines is 1. The Morgan fingerprint density at radius 2 is 1.66 bits per heavy atom. The van der Waals surface area contributed by atoms with Crippen LogP contribution in [-0.2, 0) is 0 Å². The van der Waals surface area contributed by atoms with Gasteiger partial charge in [-0.1, -0.05) is 46.3 Å². The van der Waals surface area contributed by atoms with Gasteiger partial charge in [-0.3, -0.25) is 4.79 Å². The molecule has 1 N–H and O–H groups in total. The molecule has 0 aliphatic carbocycles. The van der Waals surface area contributed by atoms with Gasteiger partial charge in [0.15, 0.2) is 11.3 Å². The fourth-order valence-electron chi connectivity index (χ4n) is 2.78. The normalized spacial score (nSPS) is 10.7. The molecule has 1 aromatic heterocycles. The average Bonchev–Trinajstić information content (AvgIpc) is 2.70. The molecule has 144 valence electrons. The van der Waals surface area contributed by atoms with Crippen LogP contribution in [0, 0.1) is 0 Å². The van der Waals surface area contributed by atoms with Crippen molar-refractivity contribution in [1.29, 1.82) is 0 Å². The van der Waals surface area contributed by atoms with Crippen molar-refractivity contribution in [1.82, 2.24) is 0 Å². The number of hydrogen-bond acceptors (Lipinski definition) is 4. The molecule has 4 aromatic rings. The maximum Gasteiger partial charge on any atom is 0.349 e. The van der Waals surface area contributed by atoms with Gasteiger partial charge in [0.25, 0.3) is 5.91 Å². The van der Waals surface area contributed by atoms with E-state index in [9.17, 15) is 9.59 Å². The van der Waals surface area contributed by atoms with Crippen molar-refractivity contribution >= 4 is 54.4 Å². The molecule has 0 atom stereocenters. The second kappa shape index (κ2) is 8.23. The van der Waals surface area contributed by atoms with E-state index >= 15 is 0 Å². The van der Waals surface area contributed by atoms with Gasteiger partial charge in [-0.15, -0.1) is 0 Å². The topological polar surface area (TPSA) is 68.5 Å². The van der Waals surface area contributed by atoms with Crippen LogP contribution in [0.1, 0.15) is 10.4 Å². The van der Waals surface area contributed by atoms with E-state index in [2.05, 4.69) is 37.2 Å². The van der Waals surface area contributed by atoms with Crippen LogP contribution in [0.25, 0.3) is 11.0 Å². The van der Waals surface area contributed by atoms with E-state index in [1.54, 1.807) is 36.4 Å². The molecule has 0 aliphatic heterocycles. The van der Waals surface area contributed by atoms with Gasteiger partial charge >= 0.3 is 5.63 Å². The van der Waals surface area contributed by atoms with Crippen LogP contribution in [-0.4, -0.2) is 5.91 Å². The van der Waals surface area contributed by atoms with Gasteiger partial charge in [-0.2, -0.15) is 0 Å². The van der Waals surface area contributed by atoms with E-state index in [1.807, 2.05) is 30.3 Å². The molecule has 4 rings (SSSR count). The molecule has 0 radical (unpaired) electrons. The number of amides is 1. The van der Waals surface area contributed by atoms with Gasteiger partial charge in [-0.05, 0) is 58.4 Å². The lowest BCUT2D eigenvalue weighted by atomic mass is 10.1. The fraction of sp³-hybridized carbons (Fsp3) is 0. The molecule has 0 bridgehead atoms. The monoisotopic (exact) mass is 513 g/mol. The molecule has 0 aliphatic rings. The summed E-state index contributed by atoms with van der Waals surface area (Å²) >= 11 is 6.75. The summed E-state index contributed by atoms with van der Waals surface area (Å²) in [6.07, 6.45) is 0. The third-order valence-electron chi connectivity index (χ3n) is 4.10. The summed E-state index contributed by atoms with van der Waals surface area (Å²) in [6.45, 7) is 0. The summed E-state index contributed by atoms with van der Waals surface area (Å²) in [4.78, 5) is 25.2. The first kappa shape index (κ1) is 19.4. The van der Waals surface area contributed by atoms with E-state index in [1.165, 1.54) is 6.07 Å². The van der Waals surface area contributed by atoms with Crippen molar-refractivity contribution < 1.29 is 13.9 Å². The Morgan fingerprint density at radius 3 is 2.45 bits per heavy atom. The quantitative estimate of drug-likeness (QED) is 0.321. The van der Waals surface area contributed by atoms with Crippen molar-refractivity contribution in [2.45, 2.75) is 0 Å². The Morgan fingerprint density at radius 1 is 0.931 bits per heavy atom. The molecule has 0 saturated heterocycles. The van der Waals surface area contributed by atoms with Crippen LogP contribution in [0.5, 0.6) is 11.5 Å². The van der Waals surface area contributed by atoms with Gasteiger partial charge < -0.3 is 14.5 Å². The highest BCUT2D eigenvalue weighted by Gasteiger charge is 2.17. The highest BCUT2D eigenvalue weighted by atomic mass is 79.9. The van der Waals surface area contributed by atoms with E-state index < -0.39 is 11.5 Å². The van der Waals surface area contributed by atoms with Crippen LogP contribution < -0.4 is 15.7 Å². The van der Waals surface area contributed by atoms with E-state index in [4.69, 9.17) is 9.15 Å². The zero-order valence-electron chi connectivity index (χ0n) is 14.8. The maximum atomic E-state index is 12.8. The van der Waals surface area contributed by atoms with Gasteiger partial charge in [0.1, 0.15) is 11.3 Å². The van der Waals surface area contributed by atoms with E-state index in [0.717, 1.165) is 4.47 Å². The molecule has 1 heterocycles. The highest BCUT2D eigenvalue weighted by Crippen LogP contribution is 2.30. The van der Waals surface area contributed by atoms with Gasteiger partial charge in [0, 0.05) is 9.86 Å². The molecular weight excluding hydrogens is 502 g/mol. The van der Waals surface area contributed by atoms with Crippen molar-refractivity contribution in [2.24, 2.45) is 0 Å². The minimum absolute atomic E-state index is 0.1000. The minimum atomic E-state index is -0.723. The molecule has 0 unspecified atom stereocenters. The second-order valence-electron chi connectivity index (χ2n) is 6.12. The summed E-state index contributed by atoms with van der Waals surface area (Å²) in [5.74, 6) is 0.512. The van der Waals surface area contributed by atoms with Crippen LogP contribution in [0.2, 0.25) is 0 Å². The Balaban J connectivity index is 1.67. The number of rotatable bonds is 4. The van der Waals surface area contributed by atoms with E-state index in [0.29, 0.717) is 32.6 Å². The number of nitrogens with one attached hydrogen (secondary N) is 1. The lowest BCUT2D eigenvalue weighted by Crippen LogP contribution is -2.21. The fourth-order valence-corrected chi connectivity index (χ4v) is 4.12. The number of benzene rings is 3. The maximum absolute atomic E-state index is 12.8. The summed E-state index contributed by atoms with van der Waals surface area (Å²) in [7, 11) is 0. The van der Waals surface area contributed by atoms with Gasteiger partial charge in [0.05, 0.1) is 10.2 Å². The number of fused-ring (bicyclic) bond motifs is 1. The summed E-state index contributed by atoms with van der Waals surface area (Å²) in [5, 5.41) is 3.35. The Hall–Kier alpha value is -2.90. The predicted octanol–water partition coefficient (Wildman–Crippen LogP) is 6.36. The number of para-hydroxylation sites is 3. The minimum Gasteiger partial charge on any atom is -0.455 e. The number of carbonyl (C=O) groups is 1. The lowest BCUT2D eigenvalue weighted by molar-refractivity contribution is 0.102. The lowest BCUT2D eigenvalue weighted by Gasteiger charge is -2.12. The van der Waals surface area contributed by atoms with Crippen LogP contribution in [0.3, 0.4) is 0 Å². The Kier molecular flexibility index (Phi) is 5.51. The molecule has 0 fully saturated rings. The molecule has 0 spiro atoms. The SMILES string of the molecule is O=C(Nc1ccccc1Oc1ccccc1)c1cc2cc(Br)cc(Br)c2oc1=O. The van der Waals surface area contributed by atoms with Crippen molar-refractivity contribution in [2.75, 3.05) is 5.32 Å². The number of hydrogen-bond donors (Lipinski definition) is 1. The summed E-state index contributed by atoms with van der Waals surface area (Å²) in [6, 6.07) is 21.3. The second-order valence-corrected chi connectivity index (χ2v) is 7.89. The van der Waals surface area contributed by atoms with Crippen molar-refractivity contribution in [3.8, 4) is 11.5 Å². The number of halogens is 2. The zero-order chi connectivity index (χ0) is 20.4. The standard InChI is InChI=1S/C22H13Br2NO4/c23-14-10-13-11-16(22(27)29-20(13)17(24)12-14)21(26)25-18-8-4-5-9-19(18)28-15-6-2-1-3-7-15/h1-12H,(H,25,26). The van der Waals surface area contributed by atoms with Crippen LogP contribution in [0.4, 0.5) is 5.69 Å². The summed E-state index contributed by atoms with van der Waals surface area (Å²) < 4.78 is 12.6. The smallest absolute Gasteiger partial charge is 0.349 e. The van der Waals surface area contributed by atoms with Crippen molar-refractivity contribution in [3.63, 3.8) is 0 Å². The predicted molar refractivity (Wildman–Crippen MR) is 119 cm³/mol. The molecule has 0 saturated carbocycles. The Labute approximate surface area is 182 Å². The van der Waals surface area contributed by atoms with Gasteiger partial charge in [0.2, 0.25) is 0 Å². The van der Waals surface area contributed by atoms with Crippen LogP contribution >= 0.6 is 31.9 Å². The number of ether oxygens (including phenoxy) is 1. The van der Waals surface area contributed by atoms with Crippen LogP contribution in [0.15, 0.2) is 91.0 Å². The number of carbonyl (C=O) groups excluding carboxylic acids is 1. The molecule has 3 aromatic carbocycles. The first-order chi connectivity index (χ1) is 14.0. The largest absolute Gasteiger partial charge is 0.455 e. The summed E-state index contributed by atoms with van der Waals surface area (Å²) in [5.41, 5.74) is -0.00432. The molecule has 5 nitrogen and oxygen atoms in total. The van der Waals surface area contributed by atoms with E-state index in [-0.39, 0.29) is 5.56 Å².